The zero-order chi connectivity index (χ0) is 21.1. The van der Waals surface area contributed by atoms with Crippen LogP contribution in [-0.2, 0) is 11.3 Å². The maximum Gasteiger partial charge on any atom is 0.332 e. The van der Waals surface area contributed by atoms with E-state index in [2.05, 4.69) is 5.32 Å². The normalized spacial score (nSPS) is 12.0. The molecule has 1 amide bonds. The minimum atomic E-state index is -0.613. The number of halogens is 1. The summed E-state index contributed by atoms with van der Waals surface area (Å²) in [6.07, 6.45) is 0.588. The molecule has 0 bridgehead atoms. The van der Waals surface area contributed by atoms with Crippen molar-refractivity contribution >= 4 is 22.5 Å². The van der Waals surface area contributed by atoms with Gasteiger partial charge in [0.05, 0.1) is 18.0 Å². The van der Waals surface area contributed by atoms with Gasteiger partial charge in [-0.25, -0.2) is 9.18 Å². The van der Waals surface area contributed by atoms with Gasteiger partial charge in [-0.1, -0.05) is 19.1 Å². The molecule has 0 fully saturated rings. The third kappa shape index (κ3) is 3.91. The molecule has 1 heterocycles. The van der Waals surface area contributed by atoms with E-state index in [1.54, 1.807) is 31.2 Å². The molecule has 2 aromatic carbocycles. The van der Waals surface area contributed by atoms with Gasteiger partial charge in [0.2, 0.25) is 5.91 Å². The largest absolute Gasteiger partial charge is 0.494 e. The van der Waals surface area contributed by atoms with Crippen LogP contribution in [0.2, 0.25) is 0 Å². The third-order valence-electron chi connectivity index (χ3n) is 4.85. The van der Waals surface area contributed by atoms with Crippen molar-refractivity contribution < 1.29 is 13.9 Å². The van der Waals surface area contributed by atoms with Crippen molar-refractivity contribution in [1.82, 2.24) is 9.13 Å². The maximum absolute atomic E-state index is 13.9. The van der Waals surface area contributed by atoms with E-state index in [0.717, 1.165) is 6.07 Å². The Morgan fingerprint density at radius 2 is 1.93 bits per heavy atom. The number of hydrogen-bond donors (Lipinski definition) is 1. The van der Waals surface area contributed by atoms with E-state index in [1.807, 2.05) is 6.92 Å². The molecule has 1 atom stereocenters. The van der Waals surface area contributed by atoms with Crippen LogP contribution in [0.5, 0.6) is 5.75 Å². The van der Waals surface area contributed by atoms with Crippen molar-refractivity contribution in [3.63, 3.8) is 0 Å². The van der Waals surface area contributed by atoms with Gasteiger partial charge in [-0.05, 0) is 37.6 Å². The molecule has 3 aromatic rings. The first kappa shape index (κ1) is 20.3. The summed E-state index contributed by atoms with van der Waals surface area (Å²) in [6, 6.07) is 10.4. The van der Waals surface area contributed by atoms with Gasteiger partial charge in [0.15, 0.2) is 11.6 Å². The van der Waals surface area contributed by atoms with E-state index in [4.69, 9.17) is 4.74 Å². The van der Waals surface area contributed by atoms with Gasteiger partial charge >= 0.3 is 5.69 Å². The van der Waals surface area contributed by atoms with Crippen LogP contribution in [0, 0.1) is 5.82 Å². The molecule has 0 radical (unpaired) electrons. The standard InChI is InChI=1S/C21H22FN3O4/c1-4-13(2)25-20(27)15-7-5-6-8-17(15)24(21(25)28)12-19(26)23-14-9-10-18(29-3)16(22)11-14/h5-11,13H,4,12H2,1-3H3,(H,23,26)/t13-/m1/s1. The summed E-state index contributed by atoms with van der Waals surface area (Å²) in [5, 5.41) is 2.93. The highest BCUT2D eigenvalue weighted by Gasteiger charge is 2.18. The molecule has 3 rings (SSSR count). The van der Waals surface area contributed by atoms with Crippen LogP contribution in [0.25, 0.3) is 10.9 Å². The highest BCUT2D eigenvalue weighted by Crippen LogP contribution is 2.20. The van der Waals surface area contributed by atoms with Gasteiger partial charge in [-0.15, -0.1) is 0 Å². The topological polar surface area (TPSA) is 82.3 Å². The van der Waals surface area contributed by atoms with Gasteiger partial charge in [0.25, 0.3) is 5.56 Å². The summed E-state index contributed by atoms with van der Waals surface area (Å²) in [4.78, 5) is 38.3. The summed E-state index contributed by atoms with van der Waals surface area (Å²) < 4.78 is 21.1. The van der Waals surface area contributed by atoms with E-state index in [0.29, 0.717) is 17.3 Å². The third-order valence-corrected chi connectivity index (χ3v) is 4.85. The summed E-state index contributed by atoms with van der Waals surface area (Å²) >= 11 is 0. The monoisotopic (exact) mass is 399 g/mol. The number of amides is 1. The second kappa shape index (κ2) is 8.30. The van der Waals surface area contributed by atoms with Crippen LogP contribution < -0.4 is 21.3 Å². The molecule has 0 saturated carbocycles. The molecule has 8 heteroatoms. The Labute approximate surface area is 166 Å². The number of nitrogens with one attached hydrogen (secondary N) is 1. The van der Waals surface area contributed by atoms with Crippen molar-refractivity contribution in [3.8, 4) is 5.75 Å². The van der Waals surface area contributed by atoms with Gasteiger partial charge in [-0.3, -0.25) is 18.7 Å². The van der Waals surface area contributed by atoms with E-state index in [1.165, 1.54) is 28.4 Å². The molecule has 1 N–H and O–H groups in total. The lowest BCUT2D eigenvalue weighted by Gasteiger charge is -2.17. The lowest BCUT2D eigenvalue weighted by Crippen LogP contribution is -2.43. The fraction of sp³-hybridized carbons (Fsp3) is 0.286. The van der Waals surface area contributed by atoms with Crippen molar-refractivity contribution in [1.29, 1.82) is 0 Å². The van der Waals surface area contributed by atoms with Crippen LogP contribution in [-0.4, -0.2) is 22.2 Å². The molecule has 0 aliphatic carbocycles. The first-order valence-electron chi connectivity index (χ1n) is 9.24. The Kier molecular flexibility index (Phi) is 5.81. The molecule has 0 aliphatic rings. The number of carbonyl (C=O) groups excluding carboxylic acids is 1. The fourth-order valence-electron chi connectivity index (χ4n) is 3.15. The summed E-state index contributed by atoms with van der Waals surface area (Å²) in [7, 11) is 1.35. The number of rotatable bonds is 6. The molecule has 0 saturated heterocycles. The molecule has 0 spiro atoms. The second-order valence-electron chi connectivity index (χ2n) is 6.72. The summed E-state index contributed by atoms with van der Waals surface area (Å²) in [6.45, 7) is 3.34. The Hall–Kier alpha value is -3.42. The average Bonchev–Trinajstić information content (AvgIpc) is 2.71. The zero-order valence-corrected chi connectivity index (χ0v) is 16.4. The van der Waals surface area contributed by atoms with Crippen molar-refractivity contribution in [2.45, 2.75) is 32.9 Å². The number of hydrogen-bond acceptors (Lipinski definition) is 4. The van der Waals surface area contributed by atoms with Crippen molar-refractivity contribution in [2.75, 3.05) is 12.4 Å². The number of nitrogens with zero attached hydrogens (tertiary/aromatic N) is 2. The highest BCUT2D eigenvalue weighted by molar-refractivity contribution is 5.91. The number of fused-ring (bicyclic) bond motifs is 1. The van der Waals surface area contributed by atoms with Crippen LogP contribution in [0.15, 0.2) is 52.1 Å². The smallest absolute Gasteiger partial charge is 0.332 e. The average molecular weight is 399 g/mol. The Balaban J connectivity index is 2.01. The molecule has 152 valence electrons. The molecule has 0 aliphatic heterocycles. The lowest BCUT2D eigenvalue weighted by molar-refractivity contribution is -0.116. The SMILES string of the molecule is CC[C@@H](C)n1c(=O)c2ccccc2n(CC(=O)Nc2ccc(OC)c(F)c2)c1=O. The molecular formula is C21H22FN3O4. The fourth-order valence-corrected chi connectivity index (χ4v) is 3.15. The first-order chi connectivity index (χ1) is 13.9. The quantitative estimate of drug-likeness (QED) is 0.691. The van der Waals surface area contributed by atoms with Gasteiger partial charge in [-0.2, -0.15) is 0 Å². The number of methoxy groups -OCH3 is 1. The van der Waals surface area contributed by atoms with E-state index in [-0.39, 0.29) is 29.6 Å². The second-order valence-corrected chi connectivity index (χ2v) is 6.72. The molecule has 29 heavy (non-hydrogen) atoms. The molecule has 7 nitrogen and oxygen atoms in total. The van der Waals surface area contributed by atoms with E-state index < -0.39 is 17.4 Å². The Morgan fingerprint density at radius 1 is 1.21 bits per heavy atom. The van der Waals surface area contributed by atoms with Gasteiger partial charge in [0.1, 0.15) is 6.54 Å². The number of para-hydroxylation sites is 1. The number of benzene rings is 2. The zero-order valence-electron chi connectivity index (χ0n) is 16.4. The molecular weight excluding hydrogens is 377 g/mol. The first-order valence-corrected chi connectivity index (χ1v) is 9.24. The number of ether oxygens (including phenoxy) is 1. The minimum Gasteiger partial charge on any atom is -0.494 e. The van der Waals surface area contributed by atoms with Crippen molar-refractivity contribution in [3.05, 3.63) is 69.1 Å². The maximum atomic E-state index is 13.9. The van der Waals surface area contributed by atoms with Crippen LogP contribution >= 0.6 is 0 Å². The Bertz CT molecular complexity index is 1180. The minimum absolute atomic E-state index is 0.0610. The summed E-state index contributed by atoms with van der Waals surface area (Å²) in [5.41, 5.74) is -0.327. The van der Waals surface area contributed by atoms with Crippen LogP contribution in [0.4, 0.5) is 10.1 Å². The van der Waals surface area contributed by atoms with Crippen molar-refractivity contribution in [2.24, 2.45) is 0 Å². The number of aromatic nitrogens is 2. The Morgan fingerprint density at radius 3 is 2.59 bits per heavy atom. The van der Waals surface area contributed by atoms with Gasteiger partial charge < -0.3 is 10.1 Å². The lowest BCUT2D eigenvalue weighted by atomic mass is 10.2. The molecule has 0 unspecified atom stereocenters. The number of carbonyl (C=O) groups is 1. The highest BCUT2D eigenvalue weighted by atomic mass is 19.1. The van der Waals surface area contributed by atoms with Gasteiger partial charge in [0, 0.05) is 17.8 Å². The van der Waals surface area contributed by atoms with Crippen LogP contribution in [0.3, 0.4) is 0 Å². The van der Waals surface area contributed by atoms with E-state index in [9.17, 15) is 18.8 Å². The number of anilines is 1. The van der Waals surface area contributed by atoms with Crippen LogP contribution in [0.1, 0.15) is 26.3 Å². The molecule has 1 aromatic heterocycles. The predicted molar refractivity (Wildman–Crippen MR) is 109 cm³/mol. The predicted octanol–water partition coefficient (Wildman–Crippen LogP) is 2.92. The summed E-state index contributed by atoms with van der Waals surface area (Å²) in [5.74, 6) is -1.07. The van der Waals surface area contributed by atoms with E-state index >= 15 is 0 Å².